The third-order valence-corrected chi connectivity index (χ3v) is 3.34. The van der Waals surface area contributed by atoms with Crippen LogP contribution >= 0.6 is 11.6 Å². The van der Waals surface area contributed by atoms with E-state index in [9.17, 15) is 4.79 Å². The summed E-state index contributed by atoms with van der Waals surface area (Å²) in [4.78, 5) is 11.8. The summed E-state index contributed by atoms with van der Waals surface area (Å²) in [5.74, 6) is 2.10. The van der Waals surface area contributed by atoms with Crippen LogP contribution in [-0.2, 0) is 6.42 Å². The molecule has 4 heteroatoms. The first-order valence-corrected chi connectivity index (χ1v) is 6.72. The molecular formula is C14H17ClO3. The molecule has 0 saturated carbocycles. The molecule has 0 aliphatic heterocycles. The molecule has 18 heavy (non-hydrogen) atoms. The van der Waals surface area contributed by atoms with Gasteiger partial charge < -0.3 is 9.47 Å². The summed E-state index contributed by atoms with van der Waals surface area (Å²) in [7, 11) is 1.59. The van der Waals surface area contributed by atoms with Gasteiger partial charge in [-0.1, -0.05) is 0 Å². The van der Waals surface area contributed by atoms with E-state index in [1.807, 2.05) is 6.07 Å². The molecule has 0 N–H and O–H groups in total. The summed E-state index contributed by atoms with van der Waals surface area (Å²) >= 11 is 5.62. The molecule has 0 bridgehead atoms. The van der Waals surface area contributed by atoms with Gasteiger partial charge in [0.25, 0.3) is 0 Å². The fourth-order valence-corrected chi connectivity index (χ4v) is 2.26. The molecule has 1 aliphatic carbocycles. The number of carbonyl (C=O) groups excluding carboxylic acids is 1. The Morgan fingerprint density at radius 1 is 1.28 bits per heavy atom. The second-order valence-corrected chi connectivity index (χ2v) is 4.71. The van der Waals surface area contributed by atoms with Crippen molar-refractivity contribution in [3.63, 3.8) is 0 Å². The van der Waals surface area contributed by atoms with Crippen LogP contribution < -0.4 is 9.47 Å². The lowest BCUT2D eigenvalue weighted by Gasteiger charge is -2.18. The summed E-state index contributed by atoms with van der Waals surface area (Å²) in [6.45, 7) is 0.562. The third kappa shape index (κ3) is 2.78. The van der Waals surface area contributed by atoms with Gasteiger partial charge in [0.1, 0.15) is 0 Å². The summed E-state index contributed by atoms with van der Waals surface area (Å²) < 4.78 is 10.9. The molecule has 0 atom stereocenters. The predicted molar refractivity (Wildman–Crippen MR) is 71.1 cm³/mol. The third-order valence-electron chi connectivity index (χ3n) is 3.08. The van der Waals surface area contributed by atoms with Crippen LogP contribution in [0.25, 0.3) is 0 Å². The number of ketones is 1. The fourth-order valence-electron chi connectivity index (χ4n) is 2.15. The van der Waals surface area contributed by atoms with Crippen molar-refractivity contribution in [3.05, 3.63) is 23.3 Å². The minimum absolute atomic E-state index is 0.196. The Balaban J connectivity index is 2.26. The number of fused-ring (bicyclic) bond motifs is 1. The van der Waals surface area contributed by atoms with Gasteiger partial charge in [-0.05, 0) is 37.0 Å². The van der Waals surface area contributed by atoms with Gasteiger partial charge in [-0.3, -0.25) is 4.79 Å². The van der Waals surface area contributed by atoms with E-state index in [0.717, 1.165) is 30.4 Å². The molecular weight excluding hydrogens is 252 g/mol. The Bertz CT molecular complexity index is 443. The minimum atomic E-state index is 0.196. The van der Waals surface area contributed by atoms with Crippen molar-refractivity contribution >= 4 is 17.4 Å². The maximum absolute atomic E-state index is 11.8. The average molecular weight is 269 g/mol. The van der Waals surface area contributed by atoms with E-state index in [2.05, 4.69) is 0 Å². The Morgan fingerprint density at radius 2 is 2.11 bits per heavy atom. The number of carbonyl (C=O) groups is 1. The van der Waals surface area contributed by atoms with E-state index in [-0.39, 0.29) is 5.78 Å². The van der Waals surface area contributed by atoms with Gasteiger partial charge in [0.2, 0.25) is 0 Å². The van der Waals surface area contributed by atoms with Crippen molar-refractivity contribution in [3.8, 4) is 11.5 Å². The van der Waals surface area contributed by atoms with Crippen molar-refractivity contribution in [2.45, 2.75) is 25.7 Å². The topological polar surface area (TPSA) is 35.5 Å². The van der Waals surface area contributed by atoms with Gasteiger partial charge in [-0.15, -0.1) is 11.6 Å². The van der Waals surface area contributed by atoms with Gasteiger partial charge in [0.15, 0.2) is 17.3 Å². The van der Waals surface area contributed by atoms with Crippen molar-refractivity contribution < 1.29 is 14.3 Å². The van der Waals surface area contributed by atoms with Crippen LogP contribution in [0.5, 0.6) is 11.5 Å². The Kier molecular flexibility index (Phi) is 4.48. The summed E-state index contributed by atoms with van der Waals surface area (Å²) in [5, 5.41) is 0. The van der Waals surface area contributed by atoms with Gasteiger partial charge in [-0.2, -0.15) is 0 Å². The number of alkyl halides is 1. The lowest BCUT2D eigenvalue weighted by molar-refractivity contribution is 0.0972. The van der Waals surface area contributed by atoms with Crippen LogP contribution in [0.2, 0.25) is 0 Å². The smallest absolute Gasteiger partial charge is 0.163 e. The van der Waals surface area contributed by atoms with Gasteiger partial charge in [0.05, 0.1) is 13.7 Å². The van der Waals surface area contributed by atoms with Gasteiger partial charge >= 0.3 is 0 Å². The first kappa shape index (κ1) is 13.2. The molecule has 98 valence electrons. The summed E-state index contributed by atoms with van der Waals surface area (Å²) in [6.07, 6.45) is 3.26. The van der Waals surface area contributed by atoms with Crippen LogP contribution in [-0.4, -0.2) is 25.4 Å². The van der Waals surface area contributed by atoms with Crippen molar-refractivity contribution in [2.75, 3.05) is 19.6 Å². The number of methoxy groups -OCH3 is 1. The number of halogens is 1. The SMILES string of the molecule is COc1cc2c(cc1OCCCCl)CCCC2=O. The molecule has 0 heterocycles. The first-order valence-electron chi connectivity index (χ1n) is 6.19. The average Bonchev–Trinajstić information content (AvgIpc) is 2.39. The van der Waals surface area contributed by atoms with Crippen LogP contribution in [0.3, 0.4) is 0 Å². The van der Waals surface area contributed by atoms with Crippen molar-refractivity contribution in [1.29, 1.82) is 0 Å². The number of hydrogen-bond acceptors (Lipinski definition) is 3. The second kappa shape index (κ2) is 6.10. The molecule has 3 nitrogen and oxygen atoms in total. The number of aryl methyl sites for hydroxylation is 1. The largest absolute Gasteiger partial charge is 0.493 e. The number of Topliss-reactive ketones (excluding diaryl/α,β-unsaturated/α-hetero) is 1. The van der Waals surface area contributed by atoms with Crippen LogP contribution in [0.15, 0.2) is 12.1 Å². The Labute approximate surface area is 112 Å². The highest BCUT2D eigenvalue weighted by Crippen LogP contribution is 2.34. The van der Waals surface area contributed by atoms with E-state index in [0.29, 0.717) is 30.4 Å². The zero-order chi connectivity index (χ0) is 13.0. The zero-order valence-electron chi connectivity index (χ0n) is 10.5. The predicted octanol–water partition coefficient (Wildman–Crippen LogP) is 3.22. The van der Waals surface area contributed by atoms with E-state index >= 15 is 0 Å². The standard InChI is InChI=1S/C14H17ClO3/c1-17-13-9-11-10(4-2-5-12(11)16)8-14(13)18-7-3-6-15/h8-9H,2-7H2,1H3. The van der Waals surface area contributed by atoms with Crippen LogP contribution in [0.4, 0.5) is 0 Å². The molecule has 1 aliphatic rings. The summed E-state index contributed by atoms with van der Waals surface area (Å²) in [6, 6.07) is 3.73. The first-order chi connectivity index (χ1) is 8.76. The highest BCUT2D eigenvalue weighted by Gasteiger charge is 2.20. The minimum Gasteiger partial charge on any atom is -0.493 e. The number of rotatable bonds is 5. The highest BCUT2D eigenvalue weighted by molar-refractivity contribution is 6.17. The molecule has 0 fully saturated rings. The van der Waals surface area contributed by atoms with E-state index in [4.69, 9.17) is 21.1 Å². The highest BCUT2D eigenvalue weighted by atomic mass is 35.5. The summed E-state index contributed by atoms with van der Waals surface area (Å²) in [5.41, 5.74) is 1.84. The maximum Gasteiger partial charge on any atom is 0.163 e. The van der Waals surface area contributed by atoms with Crippen LogP contribution in [0, 0.1) is 0 Å². The molecule has 0 radical (unpaired) electrons. The second-order valence-electron chi connectivity index (χ2n) is 4.33. The van der Waals surface area contributed by atoms with Gasteiger partial charge in [-0.25, -0.2) is 0 Å². The van der Waals surface area contributed by atoms with E-state index in [1.165, 1.54) is 0 Å². The lowest BCUT2D eigenvalue weighted by atomic mass is 9.90. The molecule has 0 aromatic heterocycles. The van der Waals surface area contributed by atoms with E-state index in [1.54, 1.807) is 13.2 Å². The lowest BCUT2D eigenvalue weighted by Crippen LogP contribution is -2.12. The number of benzene rings is 1. The number of hydrogen-bond donors (Lipinski definition) is 0. The van der Waals surface area contributed by atoms with Gasteiger partial charge in [0, 0.05) is 17.9 Å². The van der Waals surface area contributed by atoms with Crippen molar-refractivity contribution in [1.82, 2.24) is 0 Å². The molecule has 1 aromatic rings. The van der Waals surface area contributed by atoms with E-state index < -0.39 is 0 Å². The molecule has 1 aromatic carbocycles. The molecule has 0 unspecified atom stereocenters. The molecule has 0 saturated heterocycles. The van der Waals surface area contributed by atoms with Crippen molar-refractivity contribution in [2.24, 2.45) is 0 Å². The quantitative estimate of drug-likeness (QED) is 0.608. The molecule has 0 amide bonds. The maximum atomic E-state index is 11.8. The molecule has 2 rings (SSSR count). The zero-order valence-corrected chi connectivity index (χ0v) is 11.3. The Hall–Kier alpha value is -1.22. The monoisotopic (exact) mass is 268 g/mol. The number of ether oxygens (including phenoxy) is 2. The fraction of sp³-hybridized carbons (Fsp3) is 0.500. The Morgan fingerprint density at radius 3 is 2.83 bits per heavy atom. The molecule has 0 spiro atoms. The normalized spacial score (nSPS) is 14.2. The van der Waals surface area contributed by atoms with Crippen LogP contribution in [0.1, 0.15) is 35.2 Å².